The summed E-state index contributed by atoms with van der Waals surface area (Å²) in [6.07, 6.45) is 0.487. The average molecular weight is 367 g/mol. The van der Waals surface area contributed by atoms with E-state index in [1.807, 2.05) is 0 Å². The van der Waals surface area contributed by atoms with Crippen LogP contribution in [-0.4, -0.2) is 27.0 Å². The minimum absolute atomic E-state index is 0.296. The van der Waals surface area contributed by atoms with Crippen molar-refractivity contribution in [3.63, 3.8) is 0 Å². The van der Waals surface area contributed by atoms with E-state index in [9.17, 15) is 8.78 Å². The van der Waals surface area contributed by atoms with Gasteiger partial charge in [-0.05, 0) is 24.3 Å². The third-order valence-corrected chi connectivity index (χ3v) is 4.16. The number of nitrogens with one attached hydrogen (secondary N) is 1. The van der Waals surface area contributed by atoms with Gasteiger partial charge in [0.15, 0.2) is 0 Å². The Hall–Kier alpha value is -3.55. The maximum absolute atomic E-state index is 13.2. The first-order valence-electron chi connectivity index (χ1n) is 8.10. The molecular formula is C19H15F2N5O. The molecule has 27 heavy (non-hydrogen) atoms. The largest absolute Gasteiger partial charge is 0.495 e. The van der Waals surface area contributed by atoms with Crippen LogP contribution in [0.5, 0.6) is 5.75 Å². The number of aromatic nitrogens is 4. The van der Waals surface area contributed by atoms with Crippen molar-refractivity contribution in [2.24, 2.45) is 0 Å². The van der Waals surface area contributed by atoms with Crippen LogP contribution >= 0.6 is 0 Å². The number of aromatic amines is 1. The Labute approximate surface area is 153 Å². The molecule has 0 bridgehead atoms. The van der Waals surface area contributed by atoms with E-state index in [-0.39, 0.29) is 5.69 Å². The number of halogens is 2. The van der Waals surface area contributed by atoms with Gasteiger partial charge in [-0.15, -0.1) is 0 Å². The maximum atomic E-state index is 13.2. The normalized spacial score (nSPS) is 11.3. The molecule has 0 aliphatic heterocycles. The Bertz CT molecular complexity index is 1130. The number of nitrogens with zero attached hydrogens (tertiary/aromatic N) is 3. The van der Waals surface area contributed by atoms with Gasteiger partial charge in [-0.1, -0.05) is 6.07 Å². The molecular weight excluding hydrogens is 352 g/mol. The molecule has 0 radical (unpaired) electrons. The molecule has 0 aliphatic rings. The van der Waals surface area contributed by atoms with Crippen LogP contribution < -0.4 is 10.5 Å². The number of ether oxygens (including phenoxy) is 1. The molecule has 0 spiro atoms. The number of rotatable bonds is 4. The van der Waals surface area contributed by atoms with E-state index in [0.717, 1.165) is 5.56 Å². The predicted octanol–water partition coefficient (Wildman–Crippen LogP) is 4.22. The third-order valence-electron chi connectivity index (χ3n) is 4.16. The number of fused-ring (bicyclic) bond motifs is 1. The van der Waals surface area contributed by atoms with Crippen LogP contribution in [-0.2, 0) is 0 Å². The second kappa shape index (κ2) is 6.64. The summed E-state index contributed by atoms with van der Waals surface area (Å²) in [4.78, 5) is 15.8. The lowest BCUT2D eigenvalue weighted by atomic mass is 10.0. The molecule has 8 heteroatoms. The SMILES string of the molecule is COc1cnc2c(-c3cccc(C(F)F)n3)c(-c3ccnc(N)c3)[nH]c2c1. The summed E-state index contributed by atoms with van der Waals surface area (Å²) >= 11 is 0. The fraction of sp³-hybridized carbons (Fsp3) is 0.105. The topological polar surface area (TPSA) is 89.7 Å². The highest BCUT2D eigenvalue weighted by atomic mass is 19.3. The zero-order valence-electron chi connectivity index (χ0n) is 14.3. The van der Waals surface area contributed by atoms with Crippen LogP contribution in [0.3, 0.4) is 0 Å². The molecule has 0 amide bonds. The van der Waals surface area contributed by atoms with Crippen LogP contribution in [0.4, 0.5) is 14.6 Å². The minimum Gasteiger partial charge on any atom is -0.495 e. The number of alkyl halides is 2. The van der Waals surface area contributed by atoms with E-state index in [1.165, 1.54) is 6.07 Å². The second-order valence-corrected chi connectivity index (χ2v) is 5.86. The molecule has 136 valence electrons. The number of methoxy groups -OCH3 is 1. The molecule has 0 saturated carbocycles. The number of nitrogen functional groups attached to an aromatic ring is 1. The molecule has 0 saturated heterocycles. The second-order valence-electron chi connectivity index (χ2n) is 5.86. The van der Waals surface area contributed by atoms with Crippen molar-refractivity contribution in [3.8, 4) is 28.3 Å². The van der Waals surface area contributed by atoms with E-state index in [0.29, 0.717) is 39.6 Å². The highest BCUT2D eigenvalue weighted by Gasteiger charge is 2.20. The molecule has 6 nitrogen and oxygen atoms in total. The van der Waals surface area contributed by atoms with Crippen LogP contribution in [0, 0.1) is 0 Å². The van der Waals surface area contributed by atoms with Gasteiger partial charge in [0.1, 0.15) is 17.3 Å². The van der Waals surface area contributed by atoms with E-state index >= 15 is 0 Å². The van der Waals surface area contributed by atoms with Gasteiger partial charge in [0.05, 0.1) is 41.3 Å². The van der Waals surface area contributed by atoms with Crippen molar-refractivity contribution in [3.05, 3.63) is 54.5 Å². The van der Waals surface area contributed by atoms with Crippen molar-refractivity contribution in [1.82, 2.24) is 19.9 Å². The van der Waals surface area contributed by atoms with E-state index in [4.69, 9.17) is 10.5 Å². The number of pyridine rings is 3. The van der Waals surface area contributed by atoms with Crippen molar-refractivity contribution < 1.29 is 13.5 Å². The Balaban J connectivity index is 2.02. The average Bonchev–Trinajstić information content (AvgIpc) is 3.06. The smallest absolute Gasteiger partial charge is 0.280 e. The first kappa shape index (κ1) is 16.9. The summed E-state index contributed by atoms with van der Waals surface area (Å²) < 4.78 is 31.5. The number of anilines is 1. The Morgan fingerprint density at radius 1 is 1.15 bits per heavy atom. The maximum Gasteiger partial charge on any atom is 0.280 e. The zero-order chi connectivity index (χ0) is 19.0. The summed E-state index contributed by atoms with van der Waals surface area (Å²) in [6, 6.07) is 9.78. The molecule has 0 aromatic carbocycles. The molecule has 3 N–H and O–H groups in total. The van der Waals surface area contributed by atoms with Crippen LogP contribution in [0.1, 0.15) is 12.1 Å². The highest BCUT2D eigenvalue weighted by molar-refractivity contribution is 6.01. The molecule has 0 unspecified atom stereocenters. The summed E-state index contributed by atoms with van der Waals surface area (Å²) in [5, 5.41) is 0. The van der Waals surface area contributed by atoms with Gasteiger partial charge in [0, 0.05) is 17.8 Å². The fourth-order valence-electron chi connectivity index (χ4n) is 2.95. The first-order chi connectivity index (χ1) is 13.1. The van der Waals surface area contributed by atoms with E-state index in [1.54, 1.807) is 49.8 Å². The Morgan fingerprint density at radius 2 is 2.00 bits per heavy atom. The lowest BCUT2D eigenvalue weighted by Crippen LogP contribution is -1.94. The molecule has 4 heterocycles. The Morgan fingerprint density at radius 3 is 2.74 bits per heavy atom. The van der Waals surface area contributed by atoms with Gasteiger partial charge < -0.3 is 15.5 Å². The van der Waals surface area contributed by atoms with Crippen molar-refractivity contribution in [2.45, 2.75) is 6.43 Å². The first-order valence-corrected chi connectivity index (χ1v) is 8.10. The number of H-pyrrole nitrogens is 1. The van der Waals surface area contributed by atoms with Gasteiger partial charge in [-0.25, -0.2) is 18.7 Å². The summed E-state index contributed by atoms with van der Waals surface area (Å²) in [6.45, 7) is 0. The van der Waals surface area contributed by atoms with Crippen molar-refractivity contribution >= 4 is 16.9 Å². The van der Waals surface area contributed by atoms with E-state index in [2.05, 4.69) is 19.9 Å². The zero-order valence-corrected chi connectivity index (χ0v) is 14.3. The number of hydrogen-bond donors (Lipinski definition) is 2. The fourth-order valence-corrected chi connectivity index (χ4v) is 2.95. The van der Waals surface area contributed by atoms with Crippen LogP contribution in [0.25, 0.3) is 33.5 Å². The third kappa shape index (κ3) is 3.05. The monoisotopic (exact) mass is 367 g/mol. The molecule has 4 aromatic heterocycles. The molecule has 0 fully saturated rings. The molecule has 0 atom stereocenters. The van der Waals surface area contributed by atoms with Gasteiger partial charge in [-0.3, -0.25) is 4.98 Å². The van der Waals surface area contributed by atoms with Gasteiger partial charge >= 0.3 is 0 Å². The summed E-state index contributed by atoms with van der Waals surface area (Å²) in [5.74, 6) is 0.919. The predicted molar refractivity (Wildman–Crippen MR) is 98.5 cm³/mol. The summed E-state index contributed by atoms with van der Waals surface area (Å²) in [7, 11) is 1.55. The standard InChI is InChI=1S/C19H15F2N5O/c1-27-11-8-14-18(24-9-11)16(12-3-2-4-13(25-12)19(20)21)17(26-14)10-5-6-23-15(22)7-10/h2-9,19,26H,1H3,(H2,22,23). The van der Waals surface area contributed by atoms with Gasteiger partial charge in [0.25, 0.3) is 6.43 Å². The highest BCUT2D eigenvalue weighted by Crippen LogP contribution is 2.38. The lowest BCUT2D eigenvalue weighted by molar-refractivity contribution is 0.146. The van der Waals surface area contributed by atoms with Gasteiger partial charge in [0.2, 0.25) is 0 Å². The van der Waals surface area contributed by atoms with Crippen molar-refractivity contribution in [1.29, 1.82) is 0 Å². The quantitative estimate of drug-likeness (QED) is 0.564. The van der Waals surface area contributed by atoms with Crippen LogP contribution in [0.15, 0.2) is 48.8 Å². The number of nitrogens with two attached hydrogens (primary N) is 1. The number of hydrogen-bond acceptors (Lipinski definition) is 5. The van der Waals surface area contributed by atoms with Crippen molar-refractivity contribution in [2.75, 3.05) is 12.8 Å². The van der Waals surface area contributed by atoms with E-state index < -0.39 is 6.43 Å². The molecule has 0 aliphatic carbocycles. The summed E-state index contributed by atoms with van der Waals surface area (Å²) in [5.41, 5.74) is 9.23. The lowest BCUT2D eigenvalue weighted by Gasteiger charge is -2.07. The minimum atomic E-state index is -2.66. The van der Waals surface area contributed by atoms with Gasteiger partial charge in [-0.2, -0.15) is 0 Å². The Kier molecular flexibility index (Phi) is 4.15. The molecule has 4 aromatic rings. The van der Waals surface area contributed by atoms with Crippen LogP contribution in [0.2, 0.25) is 0 Å². The molecule has 4 rings (SSSR count).